The minimum absolute atomic E-state index is 0.158. The molecule has 0 aromatic heterocycles. The molecule has 1 heterocycles. The van der Waals surface area contributed by atoms with Crippen LogP contribution >= 0.6 is 0 Å². The summed E-state index contributed by atoms with van der Waals surface area (Å²) in [7, 11) is 1.65. The molecule has 2 atom stereocenters. The lowest BCUT2D eigenvalue weighted by molar-refractivity contribution is -0.124. The molecule has 104 valence electrons. The highest BCUT2D eigenvalue weighted by molar-refractivity contribution is 5.80. The van der Waals surface area contributed by atoms with E-state index in [2.05, 4.69) is 17.1 Å². The van der Waals surface area contributed by atoms with Gasteiger partial charge in [0.25, 0.3) is 0 Å². The second-order valence-corrected chi connectivity index (χ2v) is 4.81. The third-order valence-corrected chi connectivity index (χ3v) is 3.71. The molecule has 1 amide bonds. The third kappa shape index (κ3) is 3.05. The number of primary amides is 1. The van der Waals surface area contributed by atoms with Crippen LogP contribution in [0.1, 0.15) is 18.5 Å². The van der Waals surface area contributed by atoms with Crippen molar-refractivity contribution in [3.8, 4) is 5.75 Å². The van der Waals surface area contributed by atoms with Crippen LogP contribution < -0.4 is 15.8 Å². The van der Waals surface area contributed by atoms with E-state index < -0.39 is 0 Å². The number of benzene rings is 1. The number of hydrogen-bond donors (Lipinski definition) is 2. The Morgan fingerprint density at radius 1 is 1.47 bits per heavy atom. The molecule has 1 aromatic rings. The Morgan fingerprint density at radius 2 is 2.16 bits per heavy atom. The van der Waals surface area contributed by atoms with Crippen LogP contribution in [0, 0.1) is 0 Å². The van der Waals surface area contributed by atoms with Crippen molar-refractivity contribution >= 4 is 5.91 Å². The molecule has 1 aromatic carbocycles. The summed E-state index contributed by atoms with van der Waals surface area (Å²) in [6.07, 6.45) is 0. The molecule has 5 heteroatoms. The summed E-state index contributed by atoms with van der Waals surface area (Å²) in [5.74, 6) is 0.565. The van der Waals surface area contributed by atoms with Gasteiger partial charge in [-0.25, -0.2) is 0 Å². The van der Waals surface area contributed by atoms with Crippen molar-refractivity contribution in [2.45, 2.75) is 19.0 Å². The van der Waals surface area contributed by atoms with Crippen molar-refractivity contribution in [2.75, 3.05) is 26.7 Å². The lowest BCUT2D eigenvalue weighted by Crippen LogP contribution is -2.57. The average molecular weight is 263 g/mol. The highest BCUT2D eigenvalue weighted by atomic mass is 16.5. The molecule has 1 saturated heterocycles. The predicted octanol–water partition coefficient (Wildman–Crippen LogP) is 0.515. The fraction of sp³-hybridized carbons (Fsp3) is 0.500. The summed E-state index contributed by atoms with van der Waals surface area (Å²) < 4.78 is 5.16. The number of ether oxygens (including phenoxy) is 1. The Labute approximate surface area is 113 Å². The highest BCUT2D eigenvalue weighted by Crippen LogP contribution is 2.25. The monoisotopic (exact) mass is 263 g/mol. The molecule has 0 bridgehead atoms. The van der Waals surface area contributed by atoms with Gasteiger partial charge in [0, 0.05) is 25.7 Å². The number of hydrogen-bond acceptors (Lipinski definition) is 4. The van der Waals surface area contributed by atoms with Gasteiger partial charge in [-0.2, -0.15) is 0 Å². The molecule has 2 unspecified atom stereocenters. The van der Waals surface area contributed by atoms with Crippen LogP contribution in [0.4, 0.5) is 0 Å². The largest absolute Gasteiger partial charge is 0.497 e. The summed E-state index contributed by atoms with van der Waals surface area (Å²) >= 11 is 0. The standard InChI is InChI=1S/C14H21N3O2/c1-10(11-3-5-12(19-2)6-4-11)17-8-7-16-9-13(17)14(15)18/h3-6,10,13,16H,7-9H2,1-2H3,(H2,15,18). The molecule has 3 N–H and O–H groups in total. The molecule has 0 aliphatic carbocycles. The molecule has 2 rings (SSSR count). The van der Waals surface area contributed by atoms with Gasteiger partial charge in [0.2, 0.25) is 5.91 Å². The number of carbonyl (C=O) groups is 1. The second kappa shape index (κ2) is 6.04. The zero-order valence-corrected chi connectivity index (χ0v) is 11.4. The number of carbonyl (C=O) groups excluding carboxylic acids is 1. The Morgan fingerprint density at radius 3 is 2.74 bits per heavy atom. The molecule has 1 aliphatic heterocycles. The number of nitrogens with one attached hydrogen (secondary N) is 1. The molecular weight excluding hydrogens is 242 g/mol. The third-order valence-electron chi connectivity index (χ3n) is 3.71. The number of nitrogens with two attached hydrogens (primary N) is 1. The topological polar surface area (TPSA) is 67.6 Å². The molecule has 1 fully saturated rings. The zero-order chi connectivity index (χ0) is 13.8. The van der Waals surface area contributed by atoms with Gasteiger partial charge >= 0.3 is 0 Å². The number of nitrogens with zero attached hydrogens (tertiary/aromatic N) is 1. The van der Waals surface area contributed by atoms with Gasteiger partial charge < -0.3 is 15.8 Å². The van der Waals surface area contributed by atoms with Crippen molar-refractivity contribution in [1.29, 1.82) is 0 Å². The first-order valence-corrected chi connectivity index (χ1v) is 6.53. The zero-order valence-electron chi connectivity index (χ0n) is 11.4. The van der Waals surface area contributed by atoms with Gasteiger partial charge in [-0.15, -0.1) is 0 Å². The highest BCUT2D eigenvalue weighted by Gasteiger charge is 2.30. The fourth-order valence-corrected chi connectivity index (χ4v) is 2.52. The van der Waals surface area contributed by atoms with E-state index in [9.17, 15) is 4.79 Å². The predicted molar refractivity (Wildman–Crippen MR) is 74.0 cm³/mol. The Bertz CT molecular complexity index is 433. The van der Waals surface area contributed by atoms with Gasteiger partial charge in [-0.1, -0.05) is 12.1 Å². The molecule has 19 heavy (non-hydrogen) atoms. The number of piperazine rings is 1. The van der Waals surface area contributed by atoms with Gasteiger partial charge in [0.05, 0.1) is 7.11 Å². The van der Waals surface area contributed by atoms with Crippen molar-refractivity contribution in [2.24, 2.45) is 5.73 Å². The molecule has 5 nitrogen and oxygen atoms in total. The van der Waals surface area contributed by atoms with Crippen molar-refractivity contribution in [3.05, 3.63) is 29.8 Å². The Balaban J connectivity index is 2.15. The number of methoxy groups -OCH3 is 1. The summed E-state index contributed by atoms with van der Waals surface area (Å²) in [6, 6.07) is 7.85. The smallest absolute Gasteiger partial charge is 0.236 e. The first-order chi connectivity index (χ1) is 9.13. The number of rotatable bonds is 4. The maximum absolute atomic E-state index is 11.5. The molecule has 0 radical (unpaired) electrons. The van der Waals surface area contributed by atoms with Crippen LogP contribution in [-0.4, -0.2) is 43.6 Å². The van der Waals surface area contributed by atoms with Crippen LogP contribution in [-0.2, 0) is 4.79 Å². The molecule has 0 spiro atoms. The quantitative estimate of drug-likeness (QED) is 0.831. The van der Waals surface area contributed by atoms with E-state index in [1.165, 1.54) is 0 Å². The summed E-state index contributed by atoms with van der Waals surface area (Å²) in [4.78, 5) is 13.7. The first kappa shape index (κ1) is 13.8. The van der Waals surface area contributed by atoms with Crippen LogP contribution in [0.25, 0.3) is 0 Å². The summed E-state index contributed by atoms with van der Waals surface area (Å²) in [5.41, 5.74) is 6.64. The van der Waals surface area contributed by atoms with E-state index in [4.69, 9.17) is 10.5 Å². The Kier molecular flexibility index (Phi) is 4.39. The lowest BCUT2D eigenvalue weighted by Gasteiger charge is -2.38. The van der Waals surface area contributed by atoms with Crippen molar-refractivity contribution in [3.63, 3.8) is 0 Å². The van der Waals surface area contributed by atoms with E-state index in [-0.39, 0.29) is 18.0 Å². The van der Waals surface area contributed by atoms with E-state index >= 15 is 0 Å². The van der Waals surface area contributed by atoms with Crippen molar-refractivity contribution < 1.29 is 9.53 Å². The SMILES string of the molecule is COc1ccc(C(C)N2CCNCC2C(N)=O)cc1. The number of amides is 1. The minimum atomic E-state index is -0.271. The first-order valence-electron chi connectivity index (χ1n) is 6.53. The lowest BCUT2D eigenvalue weighted by atomic mass is 10.0. The molecule has 0 saturated carbocycles. The molecular formula is C14H21N3O2. The summed E-state index contributed by atoms with van der Waals surface area (Å²) in [6.45, 7) is 4.42. The van der Waals surface area contributed by atoms with Crippen LogP contribution in [0.2, 0.25) is 0 Å². The van der Waals surface area contributed by atoms with E-state index in [1.54, 1.807) is 7.11 Å². The molecule has 1 aliphatic rings. The average Bonchev–Trinajstić information content (AvgIpc) is 2.46. The van der Waals surface area contributed by atoms with Gasteiger partial charge in [-0.3, -0.25) is 9.69 Å². The Hall–Kier alpha value is -1.59. The van der Waals surface area contributed by atoms with E-state index in [0.717, 1.165) is 24.4 Å². The fourth-order valence-electron chi connectivity index (χ4n) is 2.52. The van der Waals surface area contributed by atoms with E-state index in [0.29, 0.717) is 6.54 Å². The normalized spacial score (nSPS) is 21.9. The maximum Gasteiger partial charge on any atom is 0.236 e. The van der Waals surface area contributed by atoms with Crippen LogP contribution in [0.3, 0.4) is 0 Å². The minimum Gasteiger partial charge on any atom is -0.497 e. The van der Waals surface area contributed by atoms with Crippen LogP contribution in [0.15, 0.2) is 24.3 Å². The van der Waals surface area contributed by atoms with Gasteiger partial charge in [-0.05, 0) is 24.6 Å². The van der Waals surface area contributed by atoms with Gasteiger partial charge in [0.1, 0.15) is 11.8 Å². The second-order valence-electron chi connectivity index (χ2n) is 4.81. The van der Waals surface area contributed by atoms with Gasteiger partial charge in [0.15, 0.2) is 0 Å². The van der Waals surface area contributed by atoms with E-state index in [1.807, 2.05) is 24.3 Å². The summed E-state index contributed by atoms with van der Waals surface area (Å²) in [5, 5.41) is 3.21. The maximum atomic E-state index is 11.5. The van der Waals surface area contributed by atoms with Crippen LogP contribution in [0.5, 0.6) is 5.75 Å². The van der Waals surface area contributed by atoms with Crippen molar-refractivity contribution in [1.82, 2.24) is 10.2 Å².